The number of aryl methyl sites for hydroxylation is 1. The van der Waals surface area contributed by atoms with E-state index >= 15 is 0 Å². The molecule has 0 saturated carbocycles. The monoisotopic (exact) mass is 274 g/mol. The summed E-state index contributed by atoms with van der Waals surface area (Å²) in [5.74, 6) is -0.965. The molecule has 2 heterocycles. The molecule has 4 nitrogen and oxygen atoms in total. The first kappa shape index (κ1) is 12.5. The van der Waals surface area contributed by atoms with Crippen molar-refractivity contribution in [1.82, 2.24) is 14.5 Å². The molecular weight excluding hydrogens is 262 g/mol. The Hall–Kier alpha value is -2.50. The number of nitrogen functional groups attached to an aromatic ring is 1. The highest BCUT2D eigenvalue weighted by Crippen LogP contribution is 2.21. The van der Waals surface area contributed by atoms with Crippen LogP contribution in [0.2, 0.25) is 0 Å². The molecule has 0 amide bonds. The molecule has 3 aromatic rings. The minimum atomic E-state index is -0.612. The average molecular weight is 274 g/mol. The van der Waals surface area contributed by atoms with Crippen LogP contribution in [0.5, 0.6) is 0 Å². The lowest BCUT2D eigenvalue weighted by atomic mass is 10.2. The van der Waals surface area contributed by atoms with Crippen LogP contribution in [0, 0.1) is 18.6 Å². The van der Waals surface area contributed by atoms with Crippen LogP contribution < -0.4 is 5.73 Å². The fourth-order valence-electron chi connectivity index (χ4n) is 2.13. The highest BCUT2D eigenvalue weighted by Gasteiger charge is 2.13. The van der Waals surface area contributed by atoms with Crippen molar-refractivity contribution in [3.05, 3.63) is 53.2 Å². The fraction of sp³-hybridized carbons (Fsp3) is 0.143. The molecule has 3 rings (SSSR count). The Morgan fingerprint density at radius 2 is 2.05 bits per heavy atom. The zero-order valence-corrected chi connectivity index (χ0v) is 10.8. The number of anilines is 1. The molecule has 102 valence electrons. The Kier molecular flexibility index (Phi) is 2.85. The molecule has 0 spiro atoms. The summed E-state index contributed by atoms with van der Waals surface area (Å²) in [5.41, 5.74) is 8.42. The summed E-state index contributed by atoms with van der Waals surface area (Å²) in [6.07, 6.45) is 1.65. The molecule has 0 atom stereocenters. The van der Waals surface area contributed by atoms with Gasteiger partial charge in [-0.15, -0.1) is 0 Å². The van der Waals surface area contributed by atoms with Gasteiger partial charge in [-0.25, -0.2) is 18.7 Å². The maximum Gasteiger partial charge on any atom is 0.202 e. The molecule has 20 heavy (non-hydrogen) atoms. The van der Waals surface area contributed by atoms with Crippen LogP contribution >= 0.6 is 0 Å². The molecule has 0 fully saturated rings. The first-order valence-electron chi connectivity index (χ1n) is 6.07. The molecule has 1 aromatic carbocycles. The number of nitrogens with two attached hydrogens (primary N) is 1. The summed E-state index contributed by atoms with van der Waals surface area (Å²) in [4.78, 5) is 8.47. The van der Waals surface area contributed by atoms with Crippen LogP contribution in [0.1, 0.15) is 11.1 Å². The molecule has 2 aromatic heterocycles. The second kappa shape index (κ2) is 4.56. The van der Waals surface area contributed by atoms with Gasteiger partial charge in [0.05, 0.1) is 6.54 Å². The number of pyridine rings is 1. The molecule has 0 aliphatic carbocycles. The van der Waals surface area contributed by atoms with Gasteiger partial charge < -0.3 is 5.73 Å². The third-order valence-corrected chi connectivity index (χ3v) is 3.21. The number of imidazole rings is 1. The van der Waals surface area contributed by atoms with E-state index in [0.717, 1.165) is 11.6 Å². The average Bonchev–Trinajstić information content (AvgIpc) is 2.71. The van der Waals surface area contributed by atoms with E-state index in [2.05, 4.69) is 9.97 Å². The fourth-order valence-corrected chi connectivity index (χ4v) is 2.13. The molecule has 2 N–H and O–H groups in total. The smallest absolute Gasteiger partial charge is 0.202 e. The molecule has 0 bridgehead atoms. The topological polar surface area (TPSA) is 56.7 Å². The third kappa shape index (κ3) is 1.99. The number of benzene rings is 1. The van der Waals surface area contributed by atoms with Gasteiger partial charge in [0.2, 0.25) is 5.95 Å². The lowest BCUT2D eigenvalue weighted by Crippen LogP contribution is -2.07. The van der Waals surface area contributed by atoms with Gasteiger partial charge in [-0.2, -0.15) is 0 Å². The predicted molar refractivity (Wildman–Crippen MR) is 72.1 cm³/mol. The molecule has 0 aliphatic rings. The van der Waals surface area contributed by atoms with Crippen molar-refractivity contribution >= 4 is 17.1 Å². The Morgan fingerprint density at radius 1 is 1.25 bits per heavy atom. The standard InChI is InChI=1S/C14H12F2N4/c1-8-4-5-18-13-12(8)19-14(17)20(13)7-9-2-3-10(15)6-11(9)16/h2-6H,7H2,1H3,(H2,17,19). The van der Waals surface area contributed by atoms with Crippen molar-refractivity contribution in [3.8, 4) is 0 Å². The summed E-state index contributed by atoms with van der Waals surface area (Å²) in [7, 11) is 0. The van der Waals surface area contributed by atoms with Gasteiger partial charge in [-0.3, -0.25) is 4.57 Å². The Labute approximate surface area is 113 Å². The number of aromatic nitrogens is 3. The van der Waals surface area contributed by atoms with Gasteiger partial charge in [-0.05, 0) is 24.6 Å². The zero-order chi connectivity index (χ0) is 14.3. The minimum absolute atomic E-state index is 0.158. The SMILES string of the molecule is Cc1ccnc2c1nc(N)n2Cc1ccc(F)cc1F. The second-order valence-corrected chi connectivity index (χ2v) is 4.59. The van der Waals surface area contributed by atoms with Gasteiger partial charge in [0, 0.05) is 17.8 Å². The normalized spacial score (nSPS) is 11.2. The van der Waals surface area contributed by atoms with E-state index in [1.165, 1.54) is 12.1 Å². The molecule has 6 heteroatoms. The predicted octanol–water partition coefficient (Wildman–Crippen LogP) is 2.65. The van der Waals surface area contributed by atoms with E-state index in [9.17, 15) is 8.78 Å². The first-order chi connectivity index (χ1) is 9.56. The number of hydrogen-bond donors (Lipinski definition) is 1. The third-order valence-electron chi connectivity index (χ3n) is 3.21. The number of nitrogens with zero attached hydrogens (tertiary/aromatic N) is 3. The van der Waals surface area contributed by atoms with Crippen LogP contribution in [0.15, 0.2) is 30.5 Å². The molecule has 0 aliphatic heterocycles. The quantitative estimate of drug-likeness (QED) is 0.781. The van der Waals surface area contributed by atoms with Crippen molar-refractivity contribution in [2.75, 3.05) is 5.73 Å². The van der Waals surface area contributed by atoms with Gasteiger partial charge in [0.15, 0.2) is 5.65 Å². The molecular formula is C14H12F2N4. The molecule has 0 unspecified atom stereocenters. The number of fused-ring (bicyclic) bond motifs is 1. The van der Waals surface area contributed by atoms with E-state index in [1.807, 2.05) is 13.0 Å². The Balaban J connectivity index is 2.11. The van der Waals surface area contributed by atoms with Gasteiger partial charge in [0.1, 0.15) is 17.2 Å². The van der Waals surface area contributed by atoms with Crippen LogP contribution in [-0.4, -0.2) is 14.5 Å². The molecule has 0 radical (unpaired) electrons. The number of hydrogen-bond acceptors (Lipinski definition) is 3. The second-order valence-electron chi connectivity index (χ2n) is 4.59. The van der Waals surface area contributed by atoms with Crippen LogP contribution in [0.4, 0.5) is 14.7 Å². The van der Waals surface area contributed by atoms with E-state index < -0.39 is 11.6 Å². The largest absolute Gasteiger partial charge is 0.369 e. The van der Waals surface area contributed by atoms with Crippen LogP contribution in [0.3, 0.4) is 0 Å². The van der Waals surface area contributed by atoms with Gasteiger partial charge in [0.25, 0.3) is 0 Å². The minimum Gasteiger partial charge on any atom is -0.369 e. The number of halogens is 2. The van der Waals surface area contributed by atoms with E-state index in [1.54, 1.807) is 10.8 Å². The van der Waals surface area contributed by atoms with Crippen molar-refractivity contribution < 1.29 is 8.78 Å². The first-order valence-corrected chi connectivity index (χ1v) is 6.07. The lowest BCUT2D eigenvalue weighted by Gasteiger charge is -2.07. The summed E-state index contributed by atoms with van der Waals surface area (Å²) in [6, 6.07) is 5.29. The summed E-state index contributed by atoms with van der Waals surface area (Å²) >= 11 is 0. The van der Waals surface area contributed by atoms with E-state index in [4.69, 9.17) is 5.73 Å². The highest BCUT2D eigenvalue weighted by molar-refractivity contribution is 5.77. The molecule has 0 saturated heterocycles. The maximum absolute atomic E-state index is 13.7. The highest BCUT2D eigenvalue weighted by atomic mass is 19.1. The summed E-state index contributed by atoms with van der Waals surface area (Å²) in [5, 5.41) is 0. The summed E-state index contributed by atoms with van der Waals surface area (Å²) in [6.45, 7) is 2.06. The van der Waals surface area contributed by atoms with Crippen molar-refractivity contribution in [1.29, 1.82) is 0 Å². The van der Waals surface area contributed by atoms with Gasteiger partial charge in [-0.1, -0.05) is 6.07 Å². The van der Waals surface area contributed by atoms with Gasteiger partial charge >= 0.3 is 0 Å². The van der Waals surface area contributed by atoms with Crippen molar-refractivity contribution in [2.45, 2.75) is 13.5 Å². The van der Waals surface area contributed by atoms with E-state index in [0.29, 0.717) is 16.7 Å². The van der Waals surface area contributed by atoms with Crippen molar-refractivity contribution in [3.63, 3.8) is 0 Å². The zero-order valence-electron chi connectivity index (χ0n) is 10.8. The van der Waals surface area contributed by atoms with E-state index in [-0.39, 0.29) is 12.5 Å². The lowest BCUT2D eigenvalue weighted by molar-refractivity contribution is 0.567. The Bertz CT molecular complexity index is 795. The Morgan fingerprint density at radius 3 is 2.80 bits per heavy atom. The summed E-state index contributed by atoms with van der Waals surface area (Å²) < 4.78 is 28.2. The van der Waals surface area contributed by atoms with Crippen LogP contribution in [0.25, 0.3) is 11.2 Å². The number of rotatable bonds is 2. The maximum atomic E-state index is 13.7. The van der Waals surface area contributed by atoms with Crippen molar-refractivity contribution in [2.24, 2.45) is 0 Å². The van der Waals surface area contributed by atoms with Crippen LogP contribution in [-0.2, 0) is 6.54 Å².